The van der Waals surface area contributed by atoms with Gasteiger partial charge in [0, 0.05) is 12.5 Å². The van der Waals surface area contributed by atoms with E-state index in [-0.39, 0.29) is 11.9 Å². The third-order valence-electron chi connectivity index (χ3n) is 4.11. The highest BCUT2D eigenvalue weighted by Gasteiger charge is 2.19. The molecule has 1 amide bonds. The van der Waals surface area contributed by atoms with Crippen molar-refractivity contribution in [3.05, 3.63) is 53.8 Å². The van der Waals surface area contributed by atoms with Crippen molar-refractivity contribution in [2.24, 2.45) is 0 Å². The van der Waals surface area contributed by atoms with Crippen molar-refractivity contribution in [1.29, 1.82) is 0 Å². The summed E-state index contributed by atoms with van der Waals surface area (Å²) < 4.78 is 30.0. The first-order chi connectivity index (χ1) is 12.5. The van der Waals surface area contributed by atoms with Crippen molar-refractivity contribution in [3.63, 3.8) is 0 Å². The molecular weight excluding hydrogens is 337 g/mol. The molecule has 1 N–H and O–H groups in total. The Kier molecular flexibility index (Phi) is 5.61. The number of hydrogen-bond acceptors (Lipinski definition) is 4. The van der Waals surface area contributed by atoms with Crippen molar-refractivity contribution >= 4 is 5.91 Å². The Morgan fingerprint density at radius 3 is 2.65 bits per heavy atom. The molecule has 3 rings (SSSR count). The van der Waals surface area contributed by atoms with Crippen LogP contribution in [0.2, 0.25) is 0 Å². The highest BCUT2D eigenvalue weighted by Crippen LogP contribution is 2.32. The Labute approximate surface area is 152 Å². The summed E-state index contributed by atoms with van der Waals surface area (Å²) in [6.07, 6.45) is 0.0882. The van der Waals surface area contributed by atoms with Crippen molar-refractivity contribution in [3.8, 4) is 17.2 Å². The van der Waals surface area contributed by atoms with Crippen LogP contribution in [0.4, 0.5) is 4.39 Å². The molecule has 0 saturated heterocycles. The summed E-state index contributed by atoms with van der Waals surface area (Å²) in [5, 5.41) is 2.90. The molecule has 0 aliphatic carbocycles. The first-order valence-electron chi connectivity index (χ1n) is 8.65. The number of benzene rings is 2. The summed E-state index contributed by atoms with van der Waals surface area (Å²) in [5.41, 5.74) is 0.903. The van der Waals surface area contributed by atoms with Crippen LogP contribution >= 0.6 is 0 Å². The van der Waals surface area contributed by atoms with Gasteiger partial charge in [0.05, 0.1) is 19.3 Å². The number of carbonyl (C=O) groups is 1. The average Bonchev–Trinajstić information content (AvgIpc) is 2.86. The van der Waals surface area contributed by atoms with Crippen LogP contribution in [0.15, 0.2) is 42.5 Å². The molecule has 138 valence electrons. The Morgan fingerprint density at radius 2 is 1.88 bits per heavy atom. The van der Waals surface area contributed by atoms with Crippen LogP contribution in [0.25, 0.3) is 0 Å². The van der Waals surface area contributed by atoms with Crippen LogP contribution < -0.4 is 19.5 Å². The summed E-state index contributed by atoms with van der Waals surface area (Å²) in [4.78, 5) is 12.4. The third kappa shape index (κ3) is 4.45. The van der Waals surface area contributed by atoms with Crippen molar-refractivity contribution in [1.82, 2.24) is 5.32 Å². The van der Waals surface area contributed by atoms with Crippen molar-refractivity contribution in [2.45, 2.75) is 32.4 Å². The second-order valence-electron chi connectivity index (χ2n) is 6.20. The van der Waals surface area contributed by atoms with E-state index >= 15 is 0 Å². The fraction of sp³-hybridized carbons (Fsp3) is 0.350. The number of nitrogens with one attached hydrogen (secondary N) is 1. The van der Waals surface area contributed by atoms with Gasteiger partial charge < -0.3 is 19.5 Å². The molecule has 0 fully saturated rings. The predicted octanol–water partition coefficient (Wildman–Crippen LogP) is 3.63. The zero-order valence-electron chi connectivity index (χ0n) is 14.8. The molecule has 0 aromatic heterocycles. The maximum Gasteiger partial charge on any atom is 0.261 e. The zero-order chi connectivity index (χ0) is 18.5. The minimum absolute atomic E-state index is 0.238. The molecule has 0 bridgehead atoms. The Hall–Kier alpha value is -2.76. The van der Waals surface area contributed by atoms with Gasteiger partial charge in [-0.2, -0.15) is 0 Å². The molecule has 2 aromatic carbocycles. The minimum atomic E-state index is -0.750. The van der Waals surface area contributed by atoms with E-state index in [1.54, 1.807) is 13.0 Å². The highest BCUT2D eigenvalue weighted by molar-refractivity contribution is 5.81. The van der Waals surface area contributed by atoms with Crippen LogP contribution in [0.3, 0.4) is 0 Å². The van der Waals surface area contributed by atoms with Gasteiger partial charge in [0.15, 0.2) is 17.6 Å². The highest BCUT2D eigenvalue weighted by atomic mass is 19.1. The number of carbonyl (C=O) groups excluding carboxylic acids is 1. The summed E-state index contributed by atoms with van der Waals surface area (Å²) in [6, 6.07) is 11.1. The lowest BCUT2D eigenvalue weighted by atomic mass is 10.1. The monoisotopic (exact) mass is 359 g/mol. The molecule has 1 aliphatic rings. The average molecular weight is 359 g/mol. The molecule has 2 aromatic rings. The van der Waals surface area contributed by atoms with Crippen LogP contribution in [-0.2, 0) is 4.79 Å². The van der Waals surface area contributed by atoms with Gasteiger partial charge in [-0.1, -0.05) is 12.1 Å². The maximum atomic E-state index is 13.2. The zero-order valence-corrected chi connectivity index (χ0v) is 14.8. The quantitative estimate of drug-likeness (QED) is 0.886. The van der Waals surface area contributed by atoms with E-state index in [9.17, 15) is 9.18 Å². The molecule has 26 heavy (non-hydrogen) atoms. The fourth-order valence-corrected chi connectivity index (χ4v) is 2.66. The van der Waals surface area contributed by atoms with Gasteiger partial charge >= 0.3 is 0 Å². The van der Waals surface area contributed by atoms with Crippen LogP contribution in [0.1, 0.15) is 31.9 Å². The molecule has 0 spiro atoms. The summed E-state index contributed by atoms with van der Waals surface area (Å²) in [6.45, 7) is 4.75. The van der Waals surface area contributed by atoms with E-state index in [2.05, 4.69) is 5.32 Å². The van der Waals surface area contributed by atoms with Gasteiger partial charge in [-0.25, -0.2) is 4.39 Å². The van der Waals surface area contributed by atoms with E-state index in [0.29, 0.717) is 30.5 Å². The summed E-state index contributed by atoms with van der Waals surface area (Å²) in [7, 11) is 0. The van der Waals surface area contributed by atoms with E-state index in [1.807, 2.05) is 25.1 Å². The molecule has 6 heteroatoms. The van der Waals surface area contributed by atoms with Crippen molar-refractivity contribution in [2.75, 3.05) is 13.2 Å². The lowest BCUT2D eigenvalue weighted by molar-refractivity contribution is -0.127. The topological polar surface area (TPSA) is 56.8 Å². The number of hydrogen-bond donors (Lipinski definition) is 1. The summed E-state index contributed by atoms with van der Waals surface area (Å²) >= 11 is 0. The van der Waals surface area contributed by atoms with Crippen LogP contribution in [0, 0.1) is 5.82 Å². The Morgan fingerprint density at radius 1 is 1.12 bits per heavy atom. The van der Waals surface area contributed by atoms with Gasteiger partial charge in [-0.05, 0) is 43.7 Å². The number of fused-ring (bicyclic) bond motifs is 1. The molecule has 0 unspecified atom stereocenters. The van der Waals surface area contributed by atoms with Crippen LogP contribution in [-0.4, -0.2) is 25.2 Å². The predicted molar refractivity (Wildman–Crippen MR) is 95.1 cm³/mol. The lowest BCUT2D eigenvalue weighted by Crippen LogP contribution is -2.37. The fourth-order valence-electron chi connectivity index (χ4n) is 2.66. The molecule has 0 saturated carbocycles. The lowest BCUT2D eigenvalue weighted by Gasteiger charge is -2.20. The number of rotatable bonds is 5. The standard InChI is InChI=1S/C20H22FNO4/c1-13(15-7-8-18-19(11-15)25-10-4-9-24-18)22-20(23)14(2)26-17-6-3-5-16(21)12-17/h3,5-8,11-14H,4,9-10H2,1-2H3,(H,22,23)/t13-,14+/m1/s1. The van der Waals surface area contributed by atoms with Gasteiger partial charge in [0.1, 0.15) is 11.6 Å². The Bertz CT molecular complexity index is 780. The van der Waals surface area contributed by atoms with Crippen LogP contribution in [0.5, 0.6) is 17.2 Å². The van der Waals surface area contributed by atoms with Crippen molar-refractivity contribution < 1.29 is 23.4 Å². The largest absolute Gasteiger partial charge is 0.490 e. The third-order valence-corrected chi connectivity index (χ3v) is 4.11. The normalized spacial score (nSPS) is 15.5. The van der Waals surface area contributed by atoms with E-state index < -0.39 is 11.9 Å². The van der Waals surface area contributed by atoms with Gasteiger partial charge in [-0.3, -0.25) is 4.79 Å². The smallest absolute Gasteiger partial charge is 0.261 e. The number of ether oxygens (including phenoxy) is 3. The molecule has 2 atom stereocenters. The first kappa shape index (κ1) is 18.0. The van der Waals surface area contributed by atoms with E-state index in [1.165, 1.54) is 18.2 Å². The molecule has 5 nitrogen and oxygen atoms in total. The molecule has 0 radical (unpaired) electrons. The van der Waals surface area contributed by atoms with E-state index in [0.717, 1.165) is 12.0 Å². The van der Waals surface area contributed by atoms with E-state index in [4.69, 9.17) is 14.2 Å². The Balaban J connectivity index is 1.62. The maximum absolute atomic E-state index is 13.2. The van der Waals surface area contributed by atoms with Gasteiger partial charge in [0.2, 0.25) is 0 Å². The first-order valence-corrected chi connectivity index (χ1v) is 8.65. The second-order valence-corrected chi connectivity index (χ2v) is 6.20. The molecule has 1 heterocycles. The number of amides is 1. The second kappa shape index (κ2) is 8.08. The number of halogens is 1. The van der Waals surface area contributed by atoms with Gasteiger partial charge in [-0.15, -0.1) is 0 Å². The molecule has 1 aliphatic heterocycles. The summed E-state index contributed by atoms with van der Waals surface area (Å²) in [5.74, 6) is 1.03. The SMILES string of the molecule is C[C@H](Oc1cccc(F)c1)C(=O)N[C@H](C)c1ccc2c(c1)OCCCO2. The minimum Gasteiger partial charge on any atom is -0.490 e. The molecular formula is C20H22FNO4. The van der Waals surface area contributed by atoms with Gasteiger partial charge in [0.25, 0.3) is 5.91 Å².